The highest BCUT2D eigenvalue weighted by Gasteiger charge is 2.31. The van der Waals surface area contributed by atoms with Crippen LogP contribution in [-0.4, -0.2) is 37.4 Å². The van der Waals surface area contributed by atoms with Gasteiger partial charge in [-0.05, 0) is 25.1 Å². The molecule has 0 amide bonds. The third kappa shape index (κ3) is 1.99. The summed E-state index contributed by atoms with van der Waals surface area (Å²) in [5.74, 6) is -0.493. The fourth-order valence-electron chi connectivity index (χ4n) is 2.36. The number of hydrogen-bond acceptors (Lipinski definition) is 5. The number of esters is 1. The maximum Gasteiger partial charge on any atom is 0.357 e. The third-order valence-electron chi connectivity index (χ3n) is 3.42. The number of pyridine rings is 1. The lowest BCUT2D eigenvalue weighted by Gasteiger charge is -2.20. The molecular formula is C15H15N3O3. The van der Waals surface area contributed by atoms with Crippen molar-refractivity contribution >= 4 is 34.0 Å². The van der Waals surface area contributed by atoms with Crippen LogP contribution >= 0.6 is 0 Å². The van der Waals surface area contributed by atoms with Crippen molar-refractivity contribution in [2.45, 2.75) is 6.92 Å². The normalized spacial score (nSPS) is 12.4. The van der Waals surface area contributed by atoms with Crippen molar-refractivity contribution in [2.24, 2.45) is 4.99 Å². The van der Waals surface area contributed by atoms with E-state index in [-0.39, 0.29) is 17.9 Å². The van der Waals surface area contributed by atoms with E-state index < -0.39 is 5.97 Å². The first kappa shape index (κ1) is 13.4. The van der Waals surface area contributed by atoms with E-state index in [9.17, 15) is 9.59 Å². The molecule has 108 valence electrons. The molecule has 1 aromatic carbocycles. The number of anilines is 1. The van der Waals surface area contributed by atoms with Gasteiger partial charge in [0.05, 0.1) is 6.61 Å². The largest absolute Gasteiger partial charge is 0.461 e. The maximum atomic E-state index is 11.9. The SMILES string of the molecule is CCOC(=O)C1=Nc2c1c1cc(N(C)C)ccc1[nH]c2=O. The van der Waals surface area contributed by atoms with Gasteiger partial charge in [0.25, 0.3) is 5.56 Å². The lowest BCUT2D eigenvalue weighted by molar-refractivity contribution is -0.135. The van der Waals surface area contributed by atoms with Crippen molar-refractivity contribution in [1.82, 2.24) is 4.98 Å². The molecule has 0 bridgehead atoms. The Bertz CT molecular complexity index is 834. The van der Waals surface area contributed by atoms with Crippen LogP contribution in [0.3, 0.4) is 0 Å². The topological polar surface area (TPSA) is 74.8 Å². The quantitative estimate of drug-likeness (QED) is 0.869. The van der Waals surface area contributed by atoms with E-state index in [1.165, 1.54) is 0 Å². The highest BCUT2D eigenvalue weighted by molar-refractivity contribution is 6.50. The number of aromatic nitrogens is 1. The highest BCUT2D eigenvalue weighted by Crippen LogP contribution is 2.34. The molecule has 1 aliphatic heterocycles. The summed E-state index contributed by atoms with van der Waals surface area (Å²) < 4.78 is 4.98. The van der Waals surface area contributed by atoms with Gasteiger partial charge < -0.3 is 14.6 Å². The Morgan fingerprint density at radius 3 is 2.81 bits per heavy atom. The lowest BCUT2D eigenvalue weighted by Crippen LogP contribution is -2.28. The number of nitrogens with one attached hydrogen (secondary N) is 1. The summed E-state index contributed by atoms with van der Waals surface area (Å²) in [7, 11) is 3.86. The number of carbonyl (C=O) groups excluding carboxylic acids is 1. The first-order chi connectivity index (χ1) is 10.0. The number of nitrogens with zero attached hydrogens (tertiary/aromatic N) is 2. The van der Waals surface area contributed by atoms with Gasteiger partial charge in [0.1, 0.15) is 5.69 Å². The molecule has 0 aliphatic carbocycles. The Morgan fingerprint density at radius 2 is 2.14 bits per heavy atom. The smallest absolute Gasteiger partial charge is 0.357 e. The van der Waals surface area contributed by atoms with Gasteiger partial charge in [-0.2, -0.15) is 0 Å². The average molecular weight is 285 g/mol. The predicted octanol–water partition coefficient (Wildman–Crippen LogP) is 1.59. The van der Waals surface area contributed by atoms with E-state index in [0.717, 1.165) is 11.1 Å². The van der Waals surface area contributed by atoms with Crippen molar-refractivity contribution in [2.75, 3.05) is 25.6 Å². The van der Waals surface area contributed by atoms with Gasteiger partial charge in [0.15, 0.2) is 5.71 Å². The van der Waals surface area contributed by atoms with E-state index >= 15 is 0 Å². The summed E-state index contributed by atoms with van der Waals surface area (Å²) in [5.41, 5.74) is 2.47. The number of carbonyl (C=O) groups is 1. The Morgan fingerprint density at radius 1 is 1.38 bits per heavy atom. The maximum absolute atomic E-state index is 11.9. The molecule has 21 heavy (non-hydrogen) atoms. The van der Waals surface area contributed by atoms with Crippen molar-refractivity contribution in [3.63, 3.8) is 0 Å². The number of benzene rings is 1. The molecule has 0 radical (unpaired) electrons. The van der Waals surface area contributed by atoms with Crippen LogP contribution in [0.15, 0.2) is 28.0 Å². The van der Waals surface area contributed by atoms with Gasteiger partial charge in [-0.1, -0.05) is 0 Å². The fourth-order valence-corrected chi connectivity index (χ4v) is 2.36. The minimum atomic E-state index is -0.493. The average Bonchev–Trinajstić information content (AvgIpc) is 2.38. The number of fused-ring (bicyclic) bond motifs is 3. The third-order valence-corrected chi connectivity index (χ3v) is 3.42. The Hall–Kier alpha value is -2.63. The number of rotatable bonds is 3. The van der Waals surface area contributed by atoms with Crippen LogP contribution in [0.25, 0.3) is 10.9 Å². The van der Waals surface area contributed by atoms with Crippen molar-refractivity contribution in [3.05, 3.63) is 34.1 Å². The Labute approximate surface area is 121 Å². The fraction of sp³-hybridized carbons (Fsp3) is 0.267. The van der Waals surface area contributed by atoms with Crippen molar-refractivity contribution < 1.29 is 9.53 Å². The van der Waals surface area contributed by atoms with E-state index in [0.29, 0.717) is 16.8 Å². The first-order valence-electron chi connectivity index (χ1n) is 6.66. The summed E-state index contributed by atoms with van der Waals surface area (Å²) in [6, 6.07) is 5.66. The first-order valence-corrected chi connectivity index (χ1v) is 6.66. The molecule has 2 aromatic rings. The van der Waals surface area contributed by atoms with Crippen molar-refractivity contribution in [1.29, 1.82) is 0 Å². The molecule has 2 heterocycles. The van der Waals surface area contributed by atoms with E-state index in [4.69, 9.17) is 4.74 Å². The second-order valence-electron chi connectivity index (χ2n) is 4.98. The van der Waals surface area contributed by atoms with Gasteiger partial charge in [-0.25, -0.2) is 9.79 Å². The molecule has 0 fully saturated rings. The monoisotopic (exact) mass is 285 g/mol. The number of H-pyrrole nitrogens is 1. The summed E-state index contributed by atoms with van der Waals surface area (Å²) in [6.07, 6.45) is 0. The Kier molecular flexibility index (Phi) is 3.01. The Balaban J connectivity index is 2.21. The molecular weight excluding hydrogens is 270 g/mol. The molecule has 0 unspecified atom stereocenters. The van der Waals surface area contributed by atoms with Gasteiger partial charge in [0.2, 0.25) is 0 Å². The van der Waals surface area contributed by atoms with Gasteiger partial charge in [0, 0.05) is 36.2 Å². The predicted molar refractivity (Wildman–Crippen MR) is 81.7 cm³/mol. The molecule has 0 atom stereocenters. The van der Waals surface area contributed by atoms with Gasteiger partial charge in [-0.15, -0.1) is 0 Å². The number of ether oxygens (including phenoxy) is 1. The highest BCUT2D eigenvalue weighted by atomic mass is 16.5. The summed E-state index contributed by atoms with van der Waals surface area (Å²) in [4.78, 5) is 32.6. The molecule has 3 rings (SSSR count). The van der Waals surface area contributed by atoms with Crippen LogP contribution in [0, 0.1) is 0 Å². The molecule has 0 saturated carbocycles. The molecule has 0 spiro atoms. The number of aromatic amines is 1. The van der Waals surface area contributed by atoms with Gasteiger partial charge in [-0.3, -0.25) is 4.79 Å². The zero-order valence-electron chi connectivity index (χ0n) is 12.1. The van der Waals surface area contributed by atoms with Crippen LogP contribution in [-0.2, 0) is 9.53 Å². The molecule has 1 N–H and O–H groups in total. The summed E-state index contributed by atoms with van der Waals surface area (Å²) in [5, 5.41) is 0.800. The summed E-state index contributed by atoms with van der Waals surface area (Å²) >= 11 is 0. The van der Waals surface area contributed by atoms with E-state index in [1.807, 2.05) is 37.2 Å². The van der Waals surface area contributed by atoms with Crippen LogP contribution in [0.1, 0.15) is 12.5 Å². The second kappa shape index (κ2) is 4.73. The van der Waals surface area contributed by atoms with Crippen LogP contribution in [0.5, 0.6) is 0 Å². The van der Waals surface area contributed by atoms with Crippen LogP contribution < -0.4 is 10.5 Å². The van der Waals surface area contributed by atoms with E-state index in [2.05, 4.69) is 9.98 Å². The number of aliphatic imine (C=N–C) groups is 1. The summed E-state index contributed by atoms with van der Waals surface area (Å²) in [6.45, 7) is 2.01. The van der Waals surface area contributed by atoms with E-state index in [1.54, 1.807) is 6.92 Å². The molecule has 1 aliphatic rings. The molecule has 1 aromatic heterocycles. The molecule has 0 saturated heterocycles. The minimum absolute atomic E-state index is 0.221. The van der Waals surface area contributed by atoms with Crippen molar-refractivity contribution in [3.8, 4) is 0 Å². The lowest BCUT2D eigenvalue weighted by atomic mass is 9.97. The standard InChI is InChI=1S/C15H15N3O3/c1-4-21-15(20)13-11-9-7-8(18(2)3)5-6-10(9)16-14(19)12(11)17-13/h5-7H,4H2,1-3H3,(H,16,19). The zero-order valence-corrected chi connectivity index (χ0v) is 12.1. The number of hydrogen-bond donors (Lipinski definition) is 1. The van der Waals surface area contributed by atoms with Crippen LogP contribution in [0.4, 0.5) is 11.4 Å². The minimum Gasteiger partial charge on any atom is -0.461 e. The second-order valence-corrected chi connectivity index (χ2v) is 4.98. The van der Waals surface area contributed by atoms with Gasteiger partial charge >= 0.3 is 5.97 Å². The van der Waals surface area contributed by atoms with Crippen LogP contribution in [0.2, 0.25) is 0 Å². The zero-order chi connectivity index (χ0) is 15.1. The molecule has 6 nitrogen and oxygen atoms in total. The molecule has 6 heteroatoms.